The van der Waals surface area contributed by atoms with Crippen LogP contribution >= 0.6 is 0 Å². The Kier molecular flexibility index (Phi) is 3.29. The molecule has 18 heavy (non-hydrogen) atoms. The van der Waals surface area contributed by atoms with Crippen molar-refractivity contribution in [2.24, 2.45) is 0 Å². The molecule has 0 N–H and O–H groups in total. The van der Waals surface area contributed by atoms with Gasteiger partial charge in [0.1, 0.15) is 6.73 Å². The molecule has 1 heterocycles. The molecular formula is C16H17NO. The normalized spacial score (nSPS) is 19.1. The molecule has 0 aliphatic carbocycles. The van der Waals surface area contributed by atoms with E-state index >= 15 is 0 Å². The van der Waals surface area contributed by atoms with E-state index in [0.717, 1.165) is 13.0 Å². The quantitative estimate of drug-likeness (QED) is 0.816. The lowest BCUT2D eigenvalue weighted by molar-refractivity contribution is 0.117. The monoisotopic (exact) mass is 239 g/mol. The van der Waals surface area contributed by atoms with Crippen molar-refractivity contribution in [1.29, 1.82) is 0 Å². The molecule has 1 fully saturated rings. The molecule has 0 saturated carbocycles. The van der Waals surface area contributed by atoms with Gasteiger partial charge in [0.2, 0.25) is 0 Å². The van der Waals surface area contributed by atoms with Crippen molar-refractivity contribution in [2.75, 3.05) is 18.2 Å². The van der Waals surface area contributed by atoms with Crippen LogP contribution in [-0.4, -0.2) is 19.4 Å². The molecule has 0 radical (unpaired) electrons. The van der Waals surface area contributed by atoms with E-state index in [1.807, 2.05) is 6.07 Å². The van der Waals surface area contributed by atoms with Crippen molar-refractivity contribution < 1.29 is 4.74 Å². The standard InChI is InChI=1S/C16H17NO/c1-3-7-14(8-4-1)11-16-12-17(13-18-16)15-9-5-2-6-10-15/h1-10,16H,11-13H2. The summed E-state index contributed by atoms with van der Waals surface area (Å²) < 4.78 is 5.85. The molecule has 1 aliphatic heterocycles. The molecule has 2 nitrogen and oxygen atoms in total. The fourth-order valence-corrected chi connectivity index (χ4v) is 2.37. The zero-order chi connectivity index (χ0) is 12.2. The molecule has 1 atom stereocenters. The van der Waals surface area contributed by atoms with Crippen LogP contribution in [-0.2, 0) is 11.2 Å². The summed E-state index contributed by atoms with van der Waals surface area (Å²) in [4.78, 5) is 2.29. The lowest BCUT2D eigenvalue weighted by atomic mass is 10.1. The Morgan fingerprint density at radius 2 is 1.61 bits per heavy atom. The summed E-state index contributed by atoms with van der Waals surface area (Å²) in [5.41, 5.74) is 2.59. The van der Waals surface area contributed by atoms with Crippen LogP contribution in [0.2, 0.25) is 0 Å². The van der Waals surface area contributed by atoms with Crippen molar-refractivity contribution in [1.82, 2.24) is 0 Å². The molecule has 1 unspecified atom stereocenters. The van der Waals surface area contributed by atoms with Gasteiger partial charge in [-0.15, -0.1) is 0 Å². The number of hydrogen-bond donors (Lipinski definition) is 0. The van der Waals surface area contributed by atoms with Crippen LogP contribution < -0.4 is 4.90 Å². The molecule has 2 aromatic rings. The van der Waals surface area contributed by atoms with Crippen LogP contribution in [0.3, 0.4) is 0 Å². The third-order valence-corrected chi connectivity index (χ3v) is 3.32. The molecule has 3 rings (SSSR count). The Morgan fingerprint density at radius 3 is 2.33 bits per heavy atom. The highest BCUT2D eigenvalue weighted by Gasteiger charge is 2.23. The molecule has 2 aromatic carbocycles. The molecule has 92 valence electrons. The van der Waals surface area contributed by atoms with Gasteiger partial charge >= 0.3 is 0 Å². The predicted octanol–water partition coefficient (Wildman–Crippen LogP) is 3.09. The van der Waals surface area contributed by atoms with E-state index < -0.39 is 0 Å². The summed E-state index contributed by atoms with van der Waals surface area (Å²) in [5, 5.41) is 0. The number of benzene rings is 2. The summed E-state index contributed by atoms with van der Waals surface area (Å²) in [5.74, 6) is 0. The van der Waals surface area contributed by atoms with Crippen molar-refractivity contribution in [2.45, 2.75) is 12.5 Å². The van der Waals surface area contributed by atoms with E-state index in [1.54, 1.807) is 0 Å². The van der Waals surface area contributed by atoms with Gasteiger partial charge in [0.15, 0.2) is 0 Å². The zero-order valence-electron chi connectivity index (χ0n) is 10.3. The fourth-order valence-electron chi connectivity index (χ4n) is 2.37. The molecule has 0 aromatic heterocycles. The van der Waals surface area contributed by atoms with Gasteiger partial charge in [-0.25, -0.2) is 0 Å². The first kappa shape index (κ1) is 11.3. The number of nitrogens with zero attached hydrogens (tertiary/aromatic N) is 1. The van der Waals surface area contributed by atoms with Crippen LogP contribution in [0.4, 0.5) is 5.69 Å². The summed E-state index contributed by atoms with van der Waals surface area (Å²) in [7, 11) is 0. The first-order valence-corrected chi connectivity index (χ1v) is 6.37. The summed E-state index contributed by atoms with van der Waals surface area (Å²) in [6.07, 6.45) is 1.29. The van der Waals surface area contributed by atoms with Crippen molar-refractivity contribution in [3.8, 4) is 0 Å². The maximum absolute atomic E-state index is 5.85. The maximum Gasteiger partial charge on any atom is 0.119 e. The van der Waals surface area contributed by atoms with Gasteiger partial charge in [-0.3, -0.25) is 0 Å². The molecule has 0 bridgehead atoms. The Labute approximate surface area is 108 Å². The second-order valence-corrected chi connectivity index (χ2v) is 4.67. The molecular weight excluding hydrogens is 222 g/mol. The number of hydrogen-bond acceptors (Lipinski definition) is 2. The highest BCUT2D eigenvalue weighted by atomic mass is 16.5. The molecule has 1 aliphatic rings. The van der Waals surface area contributed by atoms with Crippen LogP contribution in [0, 0.1) is 0 Å². The third-order valence-electron chi connectivity index (χ3n) is 3.32. The smallest absolute Gasteiger partial charge is 0.119 e. The van der Waals surface area contributed by atoms with Gasteiger partial charge in [0.05, 0.1) is 6.10 Å². The predicted molar refractivity (Wildman–Crippen MR) is 73.7 cm³/mol. The average Bonchev–Trinajstić information content (AvgIpc) is 2.89. The van der Waals surface area contributed by atoms with Crippen molar-refractivity contribution in [3.05, 3.63) is 66.2 Å². The third kappa shape index (κ3) is 2.54. The van der Waals surface area contributed by atoms with E-state index in [4.69, 9.17) is 4.74 Å². The first-order valence-electron chi connectivity index (χ1n) is 6.37. The molecule has 0 amide bonds. The summed E-state index contributed by atoms with van der Waals surface area (Å²) in [6, 6.07) is 21.0. The van der Waals surface area contributed by atoms with Crippen molar-refractivity contribution >= 4 is 5.69 Å². The topological polar surface area (TPSA) is 12.5 Å². The Balaban J connectivity index is 1.62. The largest absolute Gasteiger partial charge is 0.356 e. The van der Waals surface area contributed by atoms with Gasteiger partial charge in [0.25, 0.3) is 0 Å². The minimum atomic E-state index is 0.299. The van der Waals surface area contributed by atoms with E-state index in [1.165, 1.54) is 11.3 Å². The Morgan fingerprint density at radius 1 is 0.944 bits per heavy atom. The number of rotatable bonds is 3. The van der Waals surface area contributed by atoms with E-state index in [0.29, 0.717) is 12.8 Å². The van der Waals surface area contributed by atoms with E-state index in [-0.39, 0.29) is 0 Å². The van der Waals surface area contributed by atoms with Crippen LogP contribution in [0.15, 0.2) is 60.7 Å². The minimum Gasteiger partial charge on any atom is -0.356 e. The van der Waals surface area contributed by atoms with Gasteiger partial charge in [0, 0.05) is 18.7 Å². The van der Waals surface area contributed by atoms with E-state index in [9.17, 15) is 0 Å². The maximum atomic E-state index is 5.85. The second-order valence-electron chi connectivity index (χ2n) is 4.67. The van der Waals surface area contributed by atoms with E-state index in [2.05, 4.69) is 59.5 Å². The minimum absolute atomic E-state index is 0.299. The zero-order valence-corrected chi connectivity index (χ0v) is 10.3. The van der Waals surface area contributed by atoms with Crippen LogP contribution in [0.5, 0.6) is 0 Å². The SMILES string of the molecule is c1ccc(CC2CN(c3ccccc3)CO2)cc1. The Bertz CT molecular complexity index is 483. The summed E-state index contributed by atoms with van der Waals surface area (Å²) >= 11 is 0. The van der Waals surface area contributed by atoms with Crippen molar-refractivity contribution in [3.63, 3.8) is 0 Å². The van der Waals surface area contributed by atoms with Crippen LogP contribution in [0.25, 0.3) is 0 Å². The average molecular weight is 239 g/mol. The number of ether oxygens (including phenoxy) is 1. The summed E-state index contributed by atoms with van der Waals surface area (Å²) in [6.45, 7) is 1.67. The first-order chi connectivity index (χ1) is 8.92. The Hall–Kier alpha value is -1.80. The molecule has 0 spiro atoms. The lowest BCUT2D eigenvalue weighted by Gasteiger charge is -2.15. The van der Waals surface area contributed by atoms with Gasteiger partial charge in [-0.2, -0.15) is 0 Å². The molecule has 2 heteroatoms. The fraction of sp³-hybridized carbons (Fsp3) is 0.250. The van der Waals surface area contributed by atoms with Gasteiger partial charge < -0.3 is 9.64 Å². The molecule has 1 saturated heterocycles. The van der Waals surface area contributed by atoms with Gasteiger partial charge in [-0.1, -0.05) is 48.5 Å². The highest BCUT2D eigenvalue weighted by Crippen LogP contribution is 2.20. The lowest BCUT2D eigenvalue weighted by Crippen LogP contribution is -2.22. The van der Waals surface area contributed by atoms with Crippen LogP contribution in [0.1, 0.15) is 5.56 Å². The second kappa shape index (κ2) is 5.23. The highest BCUT2D eigenvalue weighted by molar-refractivity contribution is 5.46. The number of para-hydroxylation sites is 1. The van der Waals surface area contributed by atoms with Gasteiger partial charge in [-0.05, 0) is 17.7 Å². The number of anilines is 1.